The number of nitrogens with zero attached hydrogens (tertiary/aromatic N) is 1. The molecule has 0 atom stereocenters. The van der Waals surface area contributed by atoms with Crippen LogP contribution in [0, 0.1) is 0 Å². The summed E-state index contributed by atoms with van der Waals surface area (Å²) in [7, 11) is 0. The van der Waals surface area contributed by atoms with Gasteiger partial charge in [-0.1, -0.05) is 20.8 Å². The van der Waals surface area contributed by atoms with Crippen molar-refractivity contribution in [3.8, 4) is 0 Å². The van der Waals surface area contributed by atoms with Crippen LogP contribution in [0.15, 0.2) is 18.2 Å². The van der Waals surface area contributed by atoms with E-state index in [9.17, 15) is 9.59 Å². The highest BCUT2D eigenvalue weighted by atomic mass is 16.2. The molecule has 0 saturated carbocycles. The molecule has 0 aliphatic carbocycles. The van der Waals surface area contributed by atoms with Crippen molar-refractivity contribution in [3.05, 3.63) is 29.3 Å². The fraction of sp³-hybridized carbons (Fsp3) is 0.500. The van der Waals surface area contributed by atoms with Gasteiger partial charge in [0.15, 0.2) is 0 Å². The second kappa shape index (κ2) is 8.42. The molecule has 5 nitrogen and oxygen atoms in total. The standard InChI is InChI=1S/C16H25N3O2/c1-4-15(20)18-16(21)14-8-7-13(17)11-12(14)9-10-19(5-2)6-3/h7-8,11H,4-6,9-10,17H2,1-3H3,(H,18,20,21). The lowest BCUT2D eigenvalue weighted by atomic mass is 10.0. The van der Waals surface area contributed by atoms with Crippen LogP contribution >= 0.6 is 0 Å². The molecule has 0 saturated heterocycles. The van der Waals surface area contributed by atoms with Gasteiger partial charge in [0.1, 0.15) is 0 Å². The predicted molar refractivity (Wildman–Crippen MR) is 85.1 cm³/mol. The van der Waals surface area contributed by atoms with Crippen molar-refractivity contribution in [1.82, 2.24) is 10.2 Å². The van der Waals surface area contributed by atoms with Crippen molar-refractivity contribution in [2.75, 3.05) is 25.4 Å². The molecule has 0 spiro atoms. The highest BCUT2D eigenvalue weighted by Gasteiger charge is 2.14. The van der Waals surface area contributed by atoms with Gasteiger partial charge in [0.2, 0.25) is 5.91 Å². The molecular weight excluding hydrogens is 266 g/mol. The Hall–Kier alpha value is -1.88. The zero-order valence-corrected chi connectivity index (χ0v) is 13.1. The number of hydrogen-bond donors (Lipinski definition) is 2. The first kappa shape index (κ1) is 17.2. The van der Waals surface area contributed by atoms with Crippen LogP contribution in [0.5, 0.6) is 0 Å². The number of nitrogen functional groups attached to an aromatic ring is 1. The average molecular weight is 291 g/mol. The highest BCUT2D eigenvalue weighted by Crippen LogP contribution is 2.15. The van der Waals surface area contributed by atoms with E-state index in [2.05, 4.69) is 24.1 Å². The molecule has 3 N–H and O–H groups in total. The van der Waals surface area contributed by atoms with E-state index >= 15 is 0 Å². The Bertz CT molecular complexity index is 496. The molecule has 2 amide bonds. The molecule has 0 unspecified atom stereocenters. The van der Waals surface area contributed by atoms with E-state index in [1.165, 1.54) is 0 Å². The summed E-state index contributed by atoms with van der Waals surface area (Å²) in [6.45, 7) is 8.72. The zero-order valence-electron chi connectivity index (χ0n) is 13.1. The summed E-state index contributed by atoms with van der Waals surface area (Å²) < 4.78 is 0. The van der Waals surface area contributed by atoms with Gasteiger partial charge < -0.3 is 10.6 Å². The van der Waals surface area contributed by atoms with Crippen LogP contribution in [0.25, 0.3) is 0 Å². The lowest BCUT2D eigenvalue weighted by molar-refractivity contribution is -0.119. The molecule has 0 radical (unpaired) electrons. The van der Waals surface area contributed by atoms with Gasteiger partial charge in [-0.15, -0.1) is 0 Å². The van der Waals surface area contributed by atoms with E-state index in [-0.39, 0.29) is 18.2 Å². The van der Waals surface area contributed by atoms with Crippen molar-refractivity contribution < 1.29 is 9.59 Å². The van der Waals surface area contributed by atoms with Gasteiger partial charge in [-0.2, -0.15) is 0 Å². The number of imide groups is 1. The van der Waals surface area contributed by atoms with Crippen molar-refractivity contribution in [1.29, 1.82) is 0 Å². The van der Waals surface area contributed by atoms with Crippen molar-refractivity contribution in [3.63, 3.8) is 0 Å². The number of amides is 2. The molecular formula is C16H25N3O2. The Morgan fingerprint density at radius 3 is 2.43 bits per heavy atom. The zero-order chi connectivity index (χ0) is 15.8. The lowest BCUT2D eigenvalue weighted by Gasteiger charge is -2.19. The topological polar surface area (TPSA) is 75.4 Å². The molecule has 0 heterocycles. The molecule has 1 rings (SSSR count). The number of likely N-dealkylation sites (N-methyl/N-ethyl adjacent to an activating group) is 1. The molecule has 116 valence electrons. The summed E-state index contributed by atoms with van der Waals surface area (Å²) in [5.41, 5.74) is 7.85. The fourth-order valence-electron chi connectivity index (χ4n) is 2.14. The minimum atomic E-state index is -0.351. The fourth-order valence-corrected chi connectivity index (χ4v) is 2.14. The monoisotopic (exact) mass is 291 g/mol. The van der Waals surface area contributed by atoms with E-state index < -0.39 is 0 Å². The average Bonchev–Trinajstić information content (AvgIpc) is 2.48. The largest absolute Gasteiger partial charge is 0.399 e. The molecule has 1 aromatic carbocycles. The number of carbonyl (C=O) groups excluding carboxylic acids is 2. The first-order valence-corrected chi connectivity index (χ1v) is 7.46. The van der Waals surface area contributed by atoms with E-state index in [0.29, 0.717) is 11.3 Å². The van der Waals surface area contributed by atoms with Gasteiger partial charge in [-0.25, -0.2) is 0 Å². The Morgan fingerprint density at radius 1 is 1.19 bits per heavy atom. The first-order chi connectivity index (χ1) is 10.0. The number of anilines is 1. The Morgan fingerprint density at radius 2 is 1.86 bits per heavy atom. The van der Waals surface area contributed by atoms with Crippen LogP contribution in [0.4, 0.5) is 5.69 Å². The third kappa shape index (κ3) is 5.19. The van der Waals surface area contributed by atoms with Crippen LogP contribution in [0.3, 0.4) is 0 Å². The summed E-state index contributed by atoms with van der Waals surface area (Å²) in [5, 5.41) is 2.39. The summed E-state index contributed by atoms with van der Waals surface area (Å²) >= 11 is 0. The SMILES string of the molecule is CCC(=O)NC(=O)c1ccc(N)cc1CCN(CC)CC. The molecule has 0 aliphatic heterocycles. The molecule has 5 heteroatoms. The highest BCUT2D eigenvalue weighted by molar-refractivity contribution is 6.05. The maximum Gasteiger partial charge on any atom is 0.258 e. The van der Waals surface area contributed by atoms with Crippen LogP contribution in [0.2, 0.25) is 0 Å². The number of benzene rings is 1. The molecule has 0 aromatic heterocycles. The third-order valence-electron chi connectivity index (χ3n) is 3.54. The predicted octanol–water partition coefficient (Wildman–Crippen LogP) is 1.82. The van der Waals surface area contributed by atoms with Crippen molar-refractivity contribution >= 4 is 17.5 Å². The van der Waals surface area contributed by atoms with E-state index in [1.807, 2.05) is 6.07 Å². The van der Waals surface area contributed by atoms with Crippen LogP contribution < -0.4 is 11.1 Å². The van der Waals surface area contributed by atoms with Crippen LogP contribution in [-0.2, 0) is 11.2 Å². The molecule has 0 aliphatic rings. The number of hydrogen-bond acceptors (Lipinski definition) is 4. The van der Waals surface area contributed by atoms with Gasteiger partial charge >= 0.3 is 0 Å². The Balaban J connectivity index is 2.89. The third-order valence-corrected chi connectivity index (χ3v) is 3.54. The van der Waals surface area contributed by atoms with Crippen molar-refractivity contribution in [2.45, 2.75) is 33.6 Å². The first-order valence-electron chi connectivity index (χ1n) is 7.46. The maximum absolute atomic E-state index is 12.1. The van der Waals surface area contributed by atoms with Gasteiger partial charge in [0, 0.05) is 24.2 Å². The number of rotatable bonds is 7. The number of nitrogens with two attached hydrogens (primary N) is 1. The summed E-state index contributed by atoms with van der Waals surface area (Å²) in [6.07, 6.45) is 1.02. The van der Waals surface area contributed by atoms with Crippen molar-refractivity contribution in [2.24, 2.45) is 0 Å². The smallest absolute Gasteiger partial charge is 0.258 e. The lowest BCUT2D eigenvalue weighted by Crippen LogP contribution is -2.31. The Labute approximate surface area is 126 Å². The summed E-state index contributed by atoms with van der Waals surface area (Å²) in [4.78, 5) is 25.8. The number of nitrogens with one attached hydrogen (secondary N) is 1. The van der Waals surface area contributed by atoms with Gasteiger partial charge in [-0.3, -0.25) is 14.9 Å². The Kier molecular flexibility index (Phi) is 6.88. The quantitative estimate of drug-likeness (QED) is 0.751. The summed E-state index contributed by atoms with van der Waals surface area (Å²) in [5.74, 6) is -0.622. The van der Waals surface area contributed by atoms with Gasteiger partial charge in [0.05, 0.1) is 0 Å². The van der Waals surface area contributed by atoms with Gasteiger partial charge in [0.25, 0.3) is 5.91 Å². The molecule has 21 heavy (non-hydrogen) atoms. The minimum absolute atomic E-state index is 0.272. The van der Waals surface area contributed by atoms with E-state index in [1.54, 1.807) is 19.1 Å². The van der Waals surface area contributed by atoms with Crippen LogP contribution in [-0.4, -0.2) is 36.3 Å². The van der Waals surface area contributed by atoms with Crippen LogP contribution in [0.1, 0.15) is 43.1 Å². The maximum atomic E-state index is 12.1. The molecule has 0 bridgehead atoms. The van der Waals surface area contributed by atoms with E-state index in [4.69, 9.17) is 5.73 Å². The van der Waals surface area contributed by atoms with E-state index in [0.717, 1.165) is 31.6 Å². The minimum Gasteiger partial charge on any atom is -0.399 e. The second-order valence-corrected chi connectivity index (χ2v) is 4.92. The summed E-state index contributed by atoms with van der Waals surface area (Å²) in [6, 6.07) is 5.19. The number of carbonyl (C=O) groups is 2. The molecule has 1 aromatic rings. The normalized spacial score (nSPS) is 10.7. The second-order valence-electron chi connectivity index (χ2n) is 4.92. The van der Waals surface area contributed by atoms with Gasteiger partial charge in [-0.05, 0) is 43.3 Å². The molecule has 0 fully saturated rings.